The number of hydrogen-bond donors (Lipinski definition) is 2. The summed E-state index contributed by atoms with van der Waals surface area (Å²) >= 11 is 0. The molecule has 2 N–H and O–H groups in total. The van der Waals surface area contributed by atoms with Gasteiger partial charge in [-0.2, -0.15) is 0 Å². The Morgan fingerprint density at radius 2 is 1.92 bits per heavy atom. The highest BCUT2D eigenvalue weighted by Gasteiger charge is 2.09. The first-order valence-corrected chi connectivity index (χ1v) is 7.92. The van der Waals surface area contributed by atoms with Crippen LogP contribution in [0.2, 0.25) is 0 Å². The largest absolute Gasteiger partial charge is 0.497 e. The Morgan fingerprint density at radius 1 is 1.08 bits per heavy atom. The Morgan fingerprint density at radius 3 is 2.65 bits per heavy atom. The zero-order valence-electron chi connectivity index (χ0n) is 14.1. The number of aromatic nitrogens is 2. The minimum atomic E-state index is -0.423. The van der Waals surface area contributed by atoms with Gasteiger partial charge < -0.3 is 15.4 Å². The summed E-state index contributed by atoms with van der Waals surface area (Å²) in [6.45, 7) is 0.0804. The van der Waals surface area contributed by atoms with Crippen LogP contribution in [0.5, 0.6) is 5.75 Å². The lowest BCUT2D eigenvalue weighted by Crippen LogP contribution is -2.24. The number of anilines is 2. The maximum Gasteiger partial charge on any atom is 0.272 e. The predicted molar refractivity (Wildman–Crippen MR) is 95.9 cm³/mol. The minimum Gasteiger partial charge on any atom is -0.497 e. The van der Waals surface area contributed by atoms with E-state index in [2.05, 4.69) is 20.8 Å². The van der Waals surface area contributed by atoms with E-state index in [9.17, 15) is 9.18 Å². The molecule has 0 fully saturated rings. The van der Waals surface area contributed by atoms with Crippen molar-refractivity contribution in [3.8, 4) is 5.75 Å². The van der Waals surface area contributed by atoms with Crippen molar-refractivity contribution in [2.24, 2.45) is 0 Å². The van der Waals surface area contributed by atoms with Gasteiger partial charge in [0, 0.05) is 23.9 Å². The number of halogens is 1. The highest BCUT2D eigenvalue weighted by Crippen LogP contribution is 2.19. The maximum absolute atomic E-state index is 13.6. The van der Waals surface area contributed by atoms with Crippen molar-refractivity contribution in [1.82, 2.24) is 15.5 Å². The summed E-state index contributed by atoms with van der Waals surface area (Å²) in [6.07, 6.45) is 0. The van der Waals surface area contributed by atoms with Crippen molar-refractivity contribution in [3.05, 3.63) is 77.7 Å². The van der Waals surface area contributed by atoms with Gasteiger partial charge in [0.05, 0.1) is 7.11 Å². The van der Waals surface area contributed by atoms with Crippen LogP contribution in [0.4, 0.5) is 15.9 Å². The average Bonchev–Trinajstić information content (AvgIpc) is 2.68. The second kappa shape index (κ2) is 8.06. The highest BCUT2D eigenvalue weighted by molar-refractivity contribution is 5.92. The second-order valence-electron chi connectivity index (χ2n) is 5.43. The van der Waals surface area contributed by atoms with Crippen LogP contribution in [0.3, 0.4) is 0 Å². The molecule has 0 radical (unpaired) electrons. The standard InChI is InChI=1S/C19H17FN4O2/c1-26-15-7-4-6-14(11-15)22-18-10-9-17(23-24-18)19(25)21-12-13-5-2-3-8-16(13)20/h2-11H,12H2,1H3,(H,21,25)(H,22,24). The molecule has 0 aliphatic carbocycles. The van der Waals surface area contributed by atoms with Crippen molar-refractivity contribution in [3.63, 3.8) is 0 Å². The number of carbonyl (C=O) groups is 1. The number of nitrogens with one attached hydrogen (secondary N) is 2. The molecule has 3 aromatic rings. The molecule has 0 unspecified atom stereocenters. The summed E-state index contributed by atoms with van der Waals surface area (Å²) in [7, 11) is 1.59. The quantitative estimate of drug-likeness (QED) is 0.712. The van der Waals surface area contributed by atoms with Crippen LogP contribution < -0.4 is 15.4 Å². The van der Waals surface area contributed by atoms with Gasteiger partial charge in [-0.3, -0.25) is 4.79 Å². The van der Waals surface area contributed by atoms with E-state index in [0.717, 1.165) is 5.69 Å². The molecular weight excluding hydrogens is 335 g/mol. The third-order valence-electron chi connectivity index (χ3n) is 3.64. The molecule has 1 heterocycles. The van der Waals surface area contributed by atoms with Crippen LogP contribution in [-0.4, -0.2) is 23.2 Å². The van der Waals surface area contributed by atoms with Gasteiger partial charge in [0.2, 0.25) is 0 Å². The number of rotatable bonds is 6. The number of methoxy groups -OCH3 is 1. The lowest BCUT2D eigenvalue weighted by atomic mass is 10.2. The van der Waals surface area contributed by atoms with E-state index < -0.39 is 5.91 Å². The van der Waals surface area contributed by atoms with Gasteiger partial charge in [0.1, 0.15) is 11.6 Å². The number of carbonyl (C=O) groups excluding carboxylic acids is 1. The minimum absolute atomic E-state index is 0.0804. The van der Waals surface area contributed by atoms with Crippen LogP contribution in [0, 0.1) is 5.82 Å². The molecule has 26 heavy (non-hydrogen) atoms. The van der Waals surface area contributed by atoms with E-state index in [0.29, 0.717) is 17.1 Å². The molecule has 0 spiro atoms. The molecule has 132 valence electrons. The maximum atomic E-state index is 13.6. The Balaban J connectivity index is 1.61. The summed E-state index contributed by atoms with van der Waals surface area (Å²) < 4.78 is 18.7. The van der Waals surface area contributed by atoms with Gasteiger partial charge in [-0.15, -0.1) is 10.2 Å². The zero-order chi connectivity index (χ0) is 18.4. The Hall–Kier alpha value is -3.48. The molecule has 0 bridgehead atoms. The van der Waals surface area contributed by atoms with Crippen molar-refractivity contribution >= 4 is 17.4 Å². The first-order valence-electron chi connectivity index (χ1n) is 7.92. The fourth-order valence-corrected chi connectivity index (χ4v) is 2.28. The van der Waals surface area contributed by atoms with Crippen molar-refractivity contribution in [2.75, 3.05) is 12.4 Å². The topological polar surface area (TPSA) is 76.1 Å². The molecular formula is C19H17FN4O2. The molecule has 0 aliphatic rings. The molecule has 3 rings (SSSR count). The summed E-state index contributed by atoms with van der Waals surface area (Å²) in [6, 6.07) is 16.8. The van der Waals surface area contributed by atoms with E-state index in [1.807, 2.05) is 24.3 Å². The number of benzene rings is 2. The zero-order valence-corrected chi connectivity index (χ0v) is 14.1. The van der Waals surface area contributed by atoms with Crippen molar-refractivity contribution in [2.45, 2.75) is 6.54 Å². The van der Waals surface area contributed by atoms with Crippen molar-refractivity contribution in [1.29, 1.82) is 0 Å². The van der Waals surface area contributed by atoms with E-state index in [1.54, 1.807) is 37.4 Å². The average molecular weight is 352 g/mol. The molecule has 0 saturated heterocycles. The second-order valence-corrected chi connectivity index (χ2v) is 5.43. The third kappa shape index (κ3) is 4.32. The summed E-state index contributed by atoms with van der Waals surface area (Å²) in [5.41, 5.74) is 1.35. The predicted octanol–water partition coefficient (Wildman–Crippen LogP) is 3.30. The van der Waals surface area contributed by atoms with Crippen LogP contribution >= 0.6 is 0 Å². The summed E-state index contributed by atoms with van der Waals surface area (Å²) in [5, 5.41) is 13.6. The monoisotopic (exact) mass is 352 g/mol. The third-order valence-corrected chi connectivity index (χ3v) is 3.64. The van der Waals surface area contributed by atoms with Gasteiger partial charge in [0.15, 0.2) is 11.5 Å². The molecule has 6 nitrogen and oxygen atoms in total. The fraction of sp³-hybridized carbons (Fsp3) is 0.105. The van der Waals surface area contributed by atoms with Crippen molar-refractivity contribution < 1.29 is 13.9 Å². The summed E-state index contributed by atoms with van der Waals surface area (Å²) in [5.74, 6) is 0.418. The number of ether oxygens (including phenoxy) is 1. The van der Waals surface area contributed by atoms with E-state index >= 15 is 0 Å². The molecule has 1 amide bonds. The first kappa shape index (κ1) is 17.3. The SMILES string of the molecule is COc1cccc(Nc2ccc(C(=O)NCc3ccccc3F)nn2)c1. The first-order chi connectivity index (χ1) is 12.7. The molecule has 1 aromatic heterocycles. The lowest BCUT2D eigenvalue weighted by Gasteiger charge is -2.08. The van der Waals surface area contributed by atoms with Gasteiger partial charge in [0.25, 0.3) is 5.91 Å². The number of nitrogens with zero attached hydrogens (tertiary/aromatic N) is 2. The van der Waals surface area contributed by atoms with Crippen LogP contribution in [0.15, 0.2) is 60.7 Å². The summed E-state index contributed by atoms with van der Waals surface area (Å²) in [4.78, 5) is 12.1. The van der Waals surface area contributed by atoms with Gasteiger partial charge in [-0.25, -0.2) is 4.39 Å². The van der Waals surface area contributed by atoms with Gasteiger partial charge >= 0.3 is 0 Å². The van der Waals surface area contributed by atoms with E-state index in [4.69, 9.17) is 4.74 Å². The van der Waals surface area contributed by atoms with Gasteiger partial charge in [-0.1, -0.05) is 24.3 Å². The lowest BCUT2D eigenvalue weighted by molar-refractivity contribution is 0.0944. The van der Waals surface area contributed by atoms with Crippen LogP contribution in [0.1, 0.15) is 16.1 Å². The van der Waals surface area contributed by atoms with Gasteiger partial charge in [-0.05, 0) is 30.3 Å². The molecule has 2 aromatic carbocycles. The smallest absolute Gasteiger partial charge is 0.272 e. The Kier molecular flexibility index (Phi) is 5.38. The number of amides is 1. The van der Waals surface area contributed by atoms with Crippen LogP contribution in [-0.2, 0) is 6.54 Å². The molecule has 0 atom stereocenters. The van der Waals surface area contributed by atoms with E-state index in [-0.39, 0.29) is 18.1 Å². The van der Waals surface area contributed by atoms with E-state index in [1.165, 1.54) is 6.07 Å². The number of hydrogen-bond acceptors (Lipinski definition) is 5. The Labute approximate surface area is 150 Å². The van der Waals surface area contributed by atoms with Crippen LogP contribution in [0.25, 0.3) is 0 Å². The highest BCUT2D eigenvalue weighted by atomic mass is 19.1. The molecule has 0 aliphatic heterocycles. The molecule has 0 saturated carbocycles. The normalized spacial score (nSPS) is 10.2. The Bertz CT molecular complexity index is 900. The molecule has 7 heteroatoms. The fourth-order valence-electron chi connectivity index (χ4n) is 2.28.